The molecule has 0 atom stereocenters. The van der Waals surface area contributed by atoms with Gasteiger partial charge in [0.15, 0.2) is 0 Å². The first-order valence-corrected chi connectivity index (χ1v) is 10.1. The molecular weight excluding hydrogens is 362 g/mol. The van der Waals surface area contributed by atoms with Crippen LogP contribution in [-0.4, -0.2) is 28.7 Å². The Morgan fingerprint density at radius 3 is 2.22 bits per heavy atom. The summed E-state index contributed by atoms with van der Waals surface area (Å²) < 4.78 is 38.5. The van der Waals surface area contributed by atoms with Crippen molar-refractivity contribution in [2.45, 2.75) is 18.7 Å². The Morgan fingerprint density at radius 1 is 0.852 bits per heavy atom. The highest BCUT2D eigenvalue weighted by Gasteiger charge is 2.14. The van der Waals surface area contributed by atoms with Crippen LogP contribution in [0.5, 0.6) is 11.5 Å². The molecule has 0 radical (unpaired) electrons. The van der Waals surface area contributed by atoms with Crippen molar-refractivity contribution in [1.82, 2.24) is 4.72 Å². The first-order chi connectivity index (χ1) is 12.9. The second-order valence-corrected chi connectivity index (χ2v) is 8.21. The van der Waals surface area contributed by atoms with Gasteiger partial charge < -0.3 is 9.47 Å². The van der Waals surface area contributed by atoms with Gasteiger partial charge in [-0.3, -0.25) is 0 Å². The van der Waals surface area contributed by atoms with Gasteiger partial charge in [0, 0.05) is 6.54 Å². The molecule has 3 aromatic carbocycles. The molecule has 0 aliphatic heterocycles. The van der Waals surface area contributed by atoms with Crippen molar-refractivity contribution in [3.63, 3.8) is 0 Å². The van der Waals surface area contributed by atoms with E-state index in [4.69, 9.17) is 9.47 Å². The monoisotopic (exact) mass is 385 g/mol. The second kappa shape index (κ2) is 7.98. The van der Waals surface area contributed by atoms with Gasteiger partial charge >= 0.3 is 0 Å². The van der Waals surface area contributed by atoms with Gasteiger partial charge in [0.1, 0.15) is 18.1 Å². The topological polar surface area (TPSA) is 64.6 Å². The predicted octanol–water partition coefficient (Wildman–Crippen LogP) is 3.82. The fourth-order valence-electron chi connectivity index (χ4n) is 2.94. The molecule has 0 bridgehead atoms. The molecule has 5 nitrogen and oxygen atoms in total. The zero-order valence-electron chi connectivity index (χ0n) is 15.7. The molecule has 27 heavy (non-hydrogen) atoms. The summed E-state index contributed by atoms with van der Waals surface area (Å²) in [6.07, 6.45) is 0. The molecule has 142 valence electrons. The van der Waals surface area contributed by atoms with E-state index in [-0.39, 0.29) is 18.0 Å². The molecule has 0 aliphatic carbocycles. The number of nitrogens with one attached hydrogen (secondary N) is 1. The third kappa shape index (κ3) is 4.78. The molecule has 0 aliphatic rings. The first kappa shape index (κ1) is 19.2. The molecule has 0 spiro atoms. The molecule has 0 amide bonds. The molecule has 0 fully saturated rings. The maximum atomic E-state index is 12.5. The van der Waals surface area contributed by atoms with Gasteiger partial charge in [0.25, 0.3) is 0 Å². The van der Waals surface area contributed by atoms with Crippen molar-refractivity contribution in [3.05, 3.63) is 65.7 Å². The molecule has 0 saturated carbocycles. The smallest absolute Gasteiger partial charge is 0.240 e. The van der Waals surface area contributed by atoms with Crippen LogP contribution < -0.4 is 14.2 Å². The number of aryl methyl sites for hydroxylation is 2. The summed E-state index contributed by atoms with van der Waals surface area (Å²) in [5.74, 6) is 1.48. The summed E-state index contributed by atoms with van der Waals surface area (Å²) in [6, 6.07) is 16.5. The maximum Gasteiger partial charge on any atom is 0.240 e. The van der Waals surface area contributed by atoms with E-state index in [1.807, 2.05) is 44.2 Å². The summed E-state index contributed by atoms with van der Waals surface area (Å²) in [7, 11) is -2.00. The van der Waals surface area contributed by atoms with E-state index < -0.39 is 10.0 Å². The summed E-state index contributed by atoms with van der Waals surface area (Å²) in [5, 5.41) is 1.76. The Morgan fingerprint density at radius 2 is 1.52 bits per heavy atom. The highest BCUT2D eigenvalue weighted by Crippen LogP contribution is 2.23. The summed E-state index contributed by atoms with van der Waals surface area (Å²) in [6.45, 7) is 4.44. The number of hydrogen-bond acceptors (Lipinski definition) is 4. The number of hydrogen-bond donors (Lipinski definition) is 1. The number of rotatable bonds is 7. The van der Waals surface area contributed by atoms with Crippen molar-refractivity contribution in [3.8, 4) is 11.5 Å². The lowest BCUT2D eigenvalue weighted by molar-refractivity contribution is 0.322. The Balaban J connectivity index is 1.64. The number of sulfonamides is 1. The lowest BCUT2D eigenvalue weighted by atomic mass is 10.1. The predicted molar refractivity (Wildman–Crippen MR) is 107 cm³/mol. The average molecular weight is 385 g/mol. The van der Waals surface area contributed by atoms with Crippen LogP contribution in [0.4, 0.5) is 0 Å². The largest absolute Gasteiger partial charge is 0.497 e. The minimum atomic E-state index is -3.60. The molecular formula is C21H23NO4S. The number of benzene rings is 3. The molecule has 1 N–H and O–H groups in total. The summed E-state index contributed by atoms with van der Waals surface area (Å²) in [5.41, 5.74) is 2.22. The number of fused-ring (bicyclic) bond motifs is 1. The average Bonchev–Trinajstić information content (AvgIpc) is 2.63. The van der Waals surface area contributed by atoms with Crippen LogP contribution in [0.2, 0.25) is 0 Å². The molecule has 6 heteroatoms. The van der Waals surface area contributed by atoms with E-state index in [0.29, 0.717) is 0 Å². The van der Waals surface area contributed by atoms with E-state index >= 15 is 0 Å². The molecule has 3 rings (SSSR count). The van der Waals surface area contributed by atoms with Gasteiger partial charge in [-0.1, -0.05) is 18.2 Å². The van der Waals surface area contributed by atoms with Gasteiger partial charge in [-0.2, -0.15) is 0 Å². The summed E-state index contributed by atoms with van der Waals surface area (Å²) in [4.78, 5) is 0.228. The normalized spacial score (nSPS) is 11.5. The number of methoxy groups -OCH3 is 1. The van der Waals surface area contributed by atoms with Crippen molar-refractivity contribution < 1.29 is 17.9 Å². The Bertz CT molecular complexity index is 1040. The highest BCUT2D eigenvalue weighted by molar-refractivity contribution is 7.89. The minimum absolute atomic E-state index is 0.190. The Labute approximate surface area is 160 Å². The molecule has 0 saturated heterocycles. The molecule has 0 unspecified atom stereocenters. The van der Waals surface area contributed by atoms with Crippen LogP contribution in [0.1, 0.15) is 11.1 Å². The molecule has 0 heterocycles. The second-order valence-electron chi connectivity index (χ2n) is 6.44. The van der Waals surface area contributed by atoms with Crippen LogP contribution in [-0.2, 0) is 10.0 Å². The van der Waals surface area contributed by atoms with Crippen LogP contribution in [0.25, 0.3) is 10.8 Å². The van der Waals surface area contributed by atoms with E-state index in [2.05, 4.69) is 10.8 Å². The zero-order chi connectivity index (χ0) is 19.4. The number of ether oxygens (including phenoxy) is 2. The molecule has 3 aromatic rings. The third-order valence-electron chi connectivity index (χ3n) is 4.19. The van der Waals surface area contributed by atoms with E-state index in [1.54, 1.807) is 25.3 Å². The standard InChI is InChI=1S/C21H23NO4S/c1-15-10-16(2)12-20(11-15)26-9-8-22-27(23,24)21-7-5-17-13-19(25-3)6-4-18(17)14-21/h4-7,10-14,22H,8-9H2,1-3H3. The fourth-order valence-corrected chi connectivity index (χ4v) is 3.99. The van der Waals surface area contributed by atoms with Crippen molar-refractivity contribution in [2.75, 3.05) is 20.3 Å². The Kier molecular flexibility index (Phi) is 5.68. The van der Waals surface area contributed by atoms with Crippen LogP contribution in [0, 0.1) is 13.8 Å². The van der Waals surface area contributed by atoms with Crippen molar-refractivity contribution in [2.24, 2.45) is 0 Å². The van der Waals surface area contributed by atoms with Crippen LogP contribution >= 0.6 is 0 Å². The van der Waals surface area contributed by atoms with Crippen molar-refractivity contribution in [1.29, 1.82) is 0 Å². The first-order valence-electron chi connectivity index (χ1n) is 8.66. The van der Waals surface area contributed by atoms with E-state index in [9.17, 15) is 8.42 Å². The highest BCUT2D eigenvalue weighted by atomic mass is 32.2. The third-order valence-corrected chi connectivity index (χ3v) is 5.65. The minimum Gasteiger partial charge on any atom is -0.497 e. The SMILES string of the molecule is COc1ccc2cc(S(=O)(=O)NCCOc3cc(C)cc(C)c3)ccc2c1. The summed E-state index contributed by atoms with van der Waals surface area (Å²) >= 11 is 0. The Hall–Kier alpha value is -2.57. The fraction of sp³-hybridized carbons (Fsp3) is 0.238. The lowest BCUT2D eigenvalue weighted by Crippen LogP contribution is -2.28. The quantitative estimate of drug-likeness (QED) is 0.628. The van der Waals surface area contributed by atoms with Gasteiger partial charge in [-0.25, -0.2) is 13.1 Å². The van der Waals surface area contributed by atoms with Gasteiger partial charge in [-0.15, -0.1) is 0 Å². The van der Waals surface area contributed by atoms with Crippen LogP contribution in [0.15, 0.2) is 59.5 Å². The maximum absolute atomic E-state index is 12.5. The van der Waals surface area contributed by atoms with Crippen molar-refractivity contribution >= 4 is 20.8 Å². The van der Waals surface area contributed by atoms with E-state index in [1.165, 1.54) is 0 Å². The molecule has 0 aromatic heterocycles. The van der Waals surface area contributed by atoms with Gasteiger partial charge in [-0.05, 0) is 72.1 Å². The van der Waals surface area contributed by atoms with Crippen LogP contribution in [0.3, 0.4) is 0 Å². The zero-order valence-corrected chi connectivity index (χ0v) is 16.5. The van der Waals surface area contributed by atoms with Gasteiger partial charge in [0.2, 0.25) is 10.0 Å². The lowest BCUT2D eigenvalue weighted by Gasteiger charge is -2.10. The van der Waals surface area contributed by atoms with E-state index in [0.717, 1.165) is 33.4 Å². The van der Waals surface area contributed by atoms with Gasteiger partial charge in [0.05, 0.1) is 12.0 Å².